The Hall–Kier alpha value is -1.58. The maximum Gasteiger partial charge on any atom is 0.327 e. The molecule has 0 spiro atoms. The molecule has 0 aromatic heterocycles. The Kier molecular flexibility index (Phi) is 7.04. The molecule has 8 nitrogen and oxygen atoms in total. The zero-order valence-corrected chi connectivity index (χ0v) is 15.6. The minimum absolute atomic E-state index is 0.0583. The van der Waals surface area contributed by atoms with Gasteiger partial charge in [-0.05, 0) is 5.92 Å². The number of hydrogen-bond donors (Lipinski definition) is 5. The highest BCUT2D eigenvalue weighted by Crippen LogP contribution is 2.41. The van der Waals surface area contributed by atoms with Gasteiger partial charge in [0.25, 0.3) is 0 Å². The van der Waals surface area contributed by atoms with E-state index in [2.05, 4.69) is 17.2 Å². The summed E-state index contributed by atoms with van der Waals surface area (Å²) >= 11 is 0.980. The zero-order valence-electron chi connectivity index (χ0n) is 14.8. The number of carboxylic acid groups (broad SMARTS) is 1. The van der Waals surface area contributed by atoms with Crippen molar-refractivity contribution >= 4 is 29.5 Å². The van der Waals surface area contributed by atoms with Gasteiger partial charge in [-0.3, -0.25) is 9.59 Å². The molecule has 0 aliphatic carbocycles. The van der Waals surface area contributed by atoms with Gasteiger partial charge in [0.2, 0.25) is 11.8 Å². The average Bonchev–Trinajstić information content (AvgIpc) is 2.74. The van der Waals surface area contributed by atoms with E-state index in [0.29, 0.717) is 0 Å². The Balaban J connectivity index is 3.04. The first-order valence-corrected chi connectivity index (χ1v) is 8.93. The molecule has 1 fully saturated rings. The number of carboxylic acids is 1. The van der Waals surface area contributed by atoms with E-state index in [1.54, 1.807) is 20.8 Å². The molecule has 1 heterocycles. The lowest BCUT2D eigenvalue weighted by atomic mass is 9.80. The van der Waals surface area contributed by atoms with Crippen LogP contribution in [0.15, 0.2) is 11.5 Å². The zero-order chi connectivity index (χ0) is 19.5. The van der Waals surface area contributed by atoms with E-state index >= 15 is 0 Å². The maximum atomic E-state index is 12.0. The highest BCUT2D eigenvalue weighted by atomic mass is 32.2. The third-order valence-corrected chi connectivity index (χ3v) is 5.53. The number of aliphatic carboxylic acids is 1. The molecule has 1 aliphatic heterocycles. The van der Waals surface area contributed by atoms with Crippen LogP contribution in [0.2, 0.25) is 0 Å². The van der Waals surface area contributed by atoms with Crippen LogP contribution in [0.3, 0.4) is 0 Å². The molecule has 1 rings (SSSR count). The predicted octanol–water partition coefficient (Wildman–Crippen LogP) is -0.295. The van der Waals surface area contributed by atoms with Crippen molar-refractivity contribution in [3.05, 3.63) is 11.5 Å². The highest BCUT2D eigenvalue weighted by molar-refractivity contribution is 8.03. The number of carbonyl (C=O) groups excluding carboxylic acids is 2. The maximum absolute atomic E-state index is 12.0. The molecule has 2 amide bonds. The second-order valence-corrected chi connectivity index (χ2v) is 7.72. The summed E-state index contributed by atoms with van der Waals surface area (Å²) in [4.78, 5) is 34.6. The number of hydrogen-bond acceptors (Lipinski definition) is 6. The van der Waals surface area contributed by atoms with E-state index < -0.39 is 47.5 Å². The van der Waals surface area contributed by atoms with Crippen molar-refractivity contribution in [3.8, 4) is 0 Å². The van der Waals surface area contributed by atoms with Crippen LogP contribution in [0.4, 0.5) is 0 Å². The minimum Gasteiger partial charge on any atom is -0.480 e. The molecule has 1 aliphatic rings. The Labute approximate surface area is 151 Å². The molecular weight excluding hydrogens is 348 g/mol. The highest BCUT2D eigenvalue weighted by Gasteiger charge is 2.57. The molecule has 1 unspecified atom stereocenters. The molecule has 0 radical (unpaired) electrons. The Morgan fingerprint density at radius 3 is 2.36 bits per heavy atom. The fourth-order valence-corrected chi connectivity index (χ4v) is 3.95. The van der Waals surface area contributed by atoms with Gasteiger partial charge in [0, 0.05) is 17.6 Å². The summed E-state index contributed by atoms with van der Waals surface area (Å²) in [6, 6.07) is -1.15. The molecular formula is C16H26N2O6S. The van der Waals surface area contributed by atoms with Gasteiger partial charge < -0.3 is 26.0 Å². The summed E-state index contributed by atoms with van der Waals surface area (Å²) in [5.41, 5.74) is -1.48. The third kappa shape index (κ3) is 4.34. The average molecular weight is 374 g/mol. The van der Waals surface area contributed by atoms with Crippen LogP contribution in [0.5, 0.6) is 0 Å². The van der Waals surface area contributed by atoms with Gasteiger partial charge in [0.15, 0.2) is 0 Å². The fraction of sp³-hybridized carbons (Fsp3) is 0.688. The number of nitrogens with one attached hydrogen (secondary N) is 2. The molecule has 0 aromatic rings. The largest absolute Gasteiger partial charge is 0.480 e. The smallest absolute Gasteiger partial charge is 0.327 e. The van der Waals surface area contributed by atoms with Gasteiger partial charge in [-0.2, -0.15) is 0 Å². The van der Waals surface area contributed by atoms with E-state index in [-0.39, 0.29) is 16.6 Å². The second kappa shape index (κ2) is 8.20. The molecule has 1 saturated heterocycles. The Bertz CT molecular complexity index is 567. The number of aliphatic hydroxyl groups is 2. The summed E-state index contributed by atoms with van der Waals surface area (Å²) in [7, 11) is 0. The predicted molar refractivity (Wildman–Crippen MR) is 93.7 cm³/mol. The van der Waals surface area contributed by atoms with Crippen LogP contribution in [-0.2, 0) is 14.4 Å². The first-order valence-electron chi connectivity index (χ1n) is 7.95. The molecule has 25 heavy (non-hydrogen) atoms. The van der Waals surface area contributed by atoms with Crippen LogP contribution in [-0.4, -0.2) is 62.6 Å². The standard InChI is InChI=1S/C16H26N2O6S/c1-7(2)12(20)16(13(21)8(3)14(22)18-16)9(4)25-6-11(15(23)24)17-10(5)19/h7-8,11-13,20-21H,4,6H2,1-3,5H3,(H,17,19)(H,18,22)(H,23,24)/t8-,11+,12+,13+,16?/m1/s1. The van der Waals surface area contributed by atoms with Crippen LogP contribution in [0.1, 0.15) is 27.7 Å². The van der Waals surface area contributed by atoms with Gasteiger partial charge in [-0.25, -0.2) is 4.79 Å². The first-order chi connectivity index (χ1) is 11.4. The fourth-order valence-electron chi connectivity index (χ4n) is 2.83. The van der Waals surface area contributed by atoms with Crippen LogP contribution in [0.25, 0.3) is 0 Å². The Morgan fingerprint density at radius 2 is 2.00 bits per heavy atom. The van der Waals surface area contributed by atoms with Crippen molar-refractivity contribution in [1.29, 1.82) is 0 Å². The number of amides is 2. The summed E-state index contributed by atoms with van der Waals surface area (Å²) < 4.78 is 0. The molecule has 5 N–H and O–H groups in total. The summed E-state index contributed by atoms with van der Waals surface area (Å²) in [5.74, 6) is -3.20. The van der Waals surface area contributed by atoms with Gasteiger partial charge in [-0.15, -0.1) is 11.8 Å². The van der Waals surface area contributed by atoms with Gasteiger partial charge >= 0.3 is 5.97 Å². The molecule has 9 heteroatoms. The minimum atomic E-state index is -1.48. The number of aliphatic hydroxyl groups excluding tert-OH is 2. The lowest BCUT2D eigenvalue weighted by molar-refractivity contribution is -0.140. The van der Waals surface area contributed by atoms with Gasteiger partial charge in [0.1, 0.15) is 11.6 Å². The number of thioether (sulfide) groups is 1. The third-order valence-electron chi connectivity index (χ3n) is 4.34. The van der Waals surface area contributed by atoms with Crippen LogP contribution in [0, 0.1) is 11.8 Å². The monoisotopic (exact) mass is 374 g/mol. The molecule has 0 saturated carbocycles. The van der Waals surface area contributed by atoms with E-state index in [1.807, 2.05) is 0 Å². The van der Waals surface area contributed by atoms with Crippen LogP contribution >= 0.6 is 11.8 Å². The normalized spacial score (nSPS) is 28.4. The Morgan fingerprint density at radius 1 is 1.44 bits per heavy atom. The molecule has 0 aromatic carbocycles. The van der Waals surface area contributed by atoms with Crippen molar-refractivity contribution in [2.45, 2.75) is 51.5 Å². The SMILES string of the molecule is C=C(SC[C@H](NC(C)=O)C(=O)O)C1([C@@H](O)C(C)C)NC(=O)[C@H](C)[C@@H]1O. The van der Waals surface area contributed by atoms with Crippen molar-refractivity contribution in [2.24, 2.45) is 11.8 Å². The quantitative estimate of drug-likeness (QED) is 0.394. The number of carbonyl (C=O) groups is 3. The van der Waals surface area contributed by atoms with Gasteiger partial charge in [0.05, 0.1) is 18.1 Å². The van der Waals surface area contributed by atoms with E-state index in [0.717, 1.165) is 11.8 Å². The van der Waals surface area contributed by atoms with Crippen molar-refractivity contribution in [2.75, 3.05) is 5.75 Å². The molecule has 0 bridgehead atoms. The van der Waals surface area contributed by atoms with Crippen molar-refractivity contribution in [1.82, 2.24) is 10.6 Å². The lowest BCUT2D eigenvalue weighted by Gasteiger charge is -2.40. The topological polar surface area (TPSA) is 136 Å². The number of rotatable bonds is 8. The van der Waals surface area contributed by atoms with E-state index in [1.165, 1.54) is 6.92 Å². The summed E-state index contributed by atoms with van der Waals surface area (Å²) in [6.07, 6.45) is -2.32. The molecule has 5 atom stereocenters. The van der Waals surface area contributed by atoms with E-state index in [4.69, 9.17) is 0 Å². The molecule has 142 valence electrons. The van der Waals surface area contributed by atoms with Crippen LogP contribution < -0.4 is 10.6 Å². The second-order valence-electron chi connectivity index (χ2n) is 6.61. The van der Waals surface area contributed by atoms with Crippen molar-refractivity contribution in [3.63, 3.8) is 0 Å². The first kappa shape index (κ1) is 21.5. The lowest BCUT2D eigenvalue weighted by Crippen LogP contribution is -2.60. The summed E-state index contributed by atoms with van der Waals surface area (Å²) in [5, 5.41) is 35.3. The summed E-state index contributed by atoms with van der Waals surface area (Å²) in [6.45, 7) is 10.1. The van der Waals surface area contributed by atoms with Crippen molar-refractivity contribution < 1.29 is 29.7 Å². The van der Waals surface area contributed by atoms with E-state index in [9.17, 15) is 29.7 Å². The van der Waals surface area contributed by atoms with Gasteiger partial charge in [-0.1, -0.05) is 27.4 Å².